The molecule has 2 rings (SSSR count). The van der Waals surface area contributed by atoms with Crippen LogP contribution >= 0.6 is 47.8 Å². The number of ether oxygens (including phenoxy) is 2. The van der Waals surface area contributed by atoms with Crippen LogP contribution in [0.3, 0.4) is 0 Å². The highest BCUT2D eigenvalue weighted by molar-refractivity contribution is 9.11. The van der Waals surface area contributed by atoms with Gasteiger partial charge in [-0.05, 0) is 74.5 Å². The Bertz CT molecular complexity index is 697. The quantitative estimate of drug-likeness (QED) is 0.449. The summed E-state index contributed by atoms with van der Waals surface area (Å²) in [6.45, 7) is 6.30. The maximum Gasteiger partial charge on any atom is 0.156 e. The van der Waals surface area contributed by atoms with Crippen molar-refractivity contribution in [1.82, 2.24) is 0 Å². The molecular weight excluding hydrogens is 476 g/mol. The second-order valence-electron chi connectivity index (χ2n) is 5.27. The maximum absolute atomic E-state index is 6.10. The third-order valence-corrected chi connectivity index (χ3v) is 5.77. The average Bonchev–Trinajstić information content (AvgIpc) is 2.49. The highest BCUT2D eigenvalue weighted by Gasteiger charge is 2.15. The molecule has 2 nitrogen and oxygen atoms in total. The molecule has 5 heteroatoms. The van der Waals surface area contributed by atoms with E-state index in [1.807, 2.05) is 31.2 Å². The minimum absolute atomic E-state index is 0.358. The summed E-state index contributed by atoms with van der Waals surface area (Å²) in [6, 6.07) is 7.88. The zero-order valence-corrected chi connectivity index (χ0v) is 17.6. The first kappa shape index (κ1) is 17.8. The van der Waals surface area contributed by atoms with E-state index in [1.165, 1.54) is 0 Å². The summed E-state index contributed by atoms with van der Waals surface area (Å²) >= 11 is 10.7. The molecule has 0 aliphatic rings. The first-order chi connectivity index (χ1) is 10.3. The average molecular weight is 493 g/mol. The first-order valence-corrected chi connectivity index (χ1v) is 9.23. The summed E-state index contributed by atoms with van der Waals surface area (Å²) in [4.78, 5) is 0. The van der Waals surface area contributed by atoms with Crippen LogP contribution in [-0.2, 0) is 0 Å². The molecule has 2 aromatic rings. The number of halogens is 3. The number of rotatable bonds is 4. The molecule has 0 spiro atoms. The van der Waals surface area contributed by atoms with Gasteiger partial charge in [-0.1, -0.05) is 29.8 Å². The lowest BCUT2D eigenvalue weighted by Crippen LogP contribution is -1.96. The van der Waals surface area contributed by atoms with Crippen molar-refractivity contribution in [2.75, 3.05) is 7.11 Å². The van der Waals surface area contributed by atoms with Crippen LogP contribution < -0.4 is 9.47 Å². The van der Waals surface area contributed by atoms with E-state index in [0.29, 0.717) is 5.92 Å². The number of benzene rings is 2. The minimum atomic E-state index is 0.358. The minimum Gasteiger partial charge on any atom is -0.496 e. The maximum atomic E-state index is 6.10. The van der Waals surface area contributed by atoms with Crippen molar-refractivity contribution >= 4 is 47.8 Å². The normalized spacial score (nSPS) is 10.9. The van der Waals surface area contributed by atoms with Crippen LogP contribution in [0.4, 0.5) is 0 Å². The zero-order valence-electron chi connectivity index (χ0n) is 12.8. The van der Waals surface area contributed by atoms with E-state index >= 15 is 0 Å². The number of methoxy groups -OCH3 is 1. The zero-order chi connectivity index (χ0) is 16.4. The van der Waals surface area contributed by atoms with Gasteiger partial charge in [0.05, 0.1) is 16.1 Å². The highest BCUT2D eigenvalue weighted by Crippen LogP contribution is 2.42. The topological polar surface area (TPSA) is 18.5 Å². The molecule has 0 saturated heterocycles. The second kappa shape index (κ2) is 7.37. The summed E-state index contributed by atoms with van der Waals surface area (Å²) < 4.78 is 14.3. The lowest BCUT2D eigenvalue weighted by Gasteiger charge is -2.16. The van der Waals surface area contributed by atoms with Crippen molar-refractivity contribution < 1.29 is 9.47 Å². The fraction of sp³-hybridized carbons (Fsp3) is 0.294. The van der Waals surface area contributed by atoms with Crippen molar-refractivity contribution in [1.29, 1.82) is 0 Å². The second-order valence-corrected chi connectivity index (χ2v) is 7.77. The first-order valence-electron chi connectivity index (χ1n) is 6.85. The molecule has 0 saturated carbocycles. The smallest absolute Gasteiger partial charge is 0.156 e. The van der Waals surface area contributed by atoms with Crippen molar-refractivity contribution in [2.45, 2.75) is 26.7 Å². The number of hydrogen-bond acceptors (Lipinski definition) is 2. The Morgan fingerprint density at radius 1 is 1.00 bits per heavy atom. The van der Waals surface area contributed by atoms with Crippen LogP contribution in [0.1, 0.15) is 30.9 Å². The van der Waals surface area contributed by atoms with E-state index in [4.69, 9.17) is 9.47 Å². The Balaban J connectivity index is 2.44. The van der Waals surface area contributed by atoms with Crippen molar-refractivity contribution in [3.8, 4) is 17.2 Å². The van der Waals surface area contributed by atoms with Crippen LogP contribution in [0.2, 0.25) is 0 Å². The van der Waals surface area contributed by atoms with Crippen LogP contribution in [0.15, 0.2) is 37.7 Å². The van der Waals surface area contributed by atoms with Gasteiger partial charge in [-0.15, -0.1) is 0 Å². The van der Waals surface area contributed by atoms with Gasteiger partial charge in [-0.3, -0.25) is 0 Å². The molecule has 0 bridgehead atoms. The van der Waals surface area contributed by atoms with E-state index in [9.17, 15) is 0 Å². The molecule has 0 aliphatic carbocycles. The van der Waals surface area contributed by atoms with Crippen molar-refractivity contribution in [2.24, 2.45) is 0 Å². The fourth-order valence-electron chi connectivity index (χ4n) is 2.10. The molecule has 118 valence electrons. The standard InChI is InChI=1S/C17H17Br3O2/c1-9(2)12-7-11(5-6-15(12)21-4)22-17-14(19)8-13(18)10(3)16(17)20/h5-9H,1-4H3. The predicted molar refractivity (Wildman–Crippen MR) is 101 cm³/mol. The van der Waals surface area contributed by atoms with Gasteiger partial charge in [-0.25, -0.2) is 0 Å². The van der Waals surface area contributed by atoms with Crippen LogP contribution in [0, 0.1) is 6.92 Å². The van der Waals surface area contributed by atoms with Gasteiger partial charge in [0, 0.05) is 10.0 Å². The predicted octanol–water partition coefficient (Wildman–Crippen LogP) is 7.21. The monoisotopic (exact) mass is 490 g/mol. The summed E-state index contributed by atoms with van der Waals surface area (Å²) in [5, 5.41) is 0. The third kappa shape index (κ3) is 3.69. The highest BCUT2D eigenvalue weighted by atomic mass is 79.9. The molecule has 0 aliphatic heterocycles. The summed E-state index contributed by atoms with van der Waals surface area (Å²) in [7, 11) is 1.69. The molecule has 0 radical (unpaired) electrons. The Hall–Kier alpha value is -0.520. The van der Waals surface area contributed by atoms with E-state index in [-0.39, 0.29) is 0 Å². The molecule has 0 fully saturated rings. The third-order valence-electron chi connectivity index (χ3n) is 3.40. The molecular formula is C17H17Br3O2. The van der Waals surface area contributed by atoms with E-state index in [2.05, 4.69) is 61.6 Å². The van der Waals surface area contributed by atoms with Gasteiger partial charge >= 0.3 is 0 Å². The van der Waals surface area contributed by atoms with E-state index in [1.54, 1.807) is 7.11 Å². The van der Waals surface area contributed by atoms with Crippen molar-refractivity contribution in [3.63, 3.8) is 0 Å². The van der Waals surface area contributed by atoms with Gasteiger partial charge in [-0.2, -0.15) is 0 Å². The largest absolute Gasteiger partial charge is 0.496 e. The van der Waals surface area contributed by atoms with E-state index < -0.39 is 0 Å². The molecule has 0 heterocycles. The van der Waals surface area contributed by atoms with E-state index in [0.717, 1.165) is 41.8 Å². The lowest BCUT2D eigenvalue weighted by molar-refractivity contribution is 0.405. The molecule has 0 unspecified atom stereocenters. The number of hydrogen-bond donors (Lipinski definition) is 0. The van der Waals surface area contributed by atoms with Gasteiger partial charge in [0.25, 0.3) is 0 Å². The van der Waals surface area contributed by atoms with Crippen LogP contribution in [0.5, 0.6) is 17.2 Å². The molecule has 2 aromatic carbocycles. The van der Waals surface area contributed by atoms with Gasteiger partial charge in [0.15, 0.2) is 5.75 Å². The Morgan fingerprint density at radius 2 is 1.68 bits per heavy atom. The van der Waals surface area contributed by atoms with Gasteiger partial charge in [0.2, 0.25) is 0 Å². The van der Waals surface area contributed by atoms with Crippen molar-refractivity contribution in [3.05, 3.63) is 48.8 Å². The van der Waals surface area contributed by atoms with Crippen LogP contribution in [-0.4, -0.2) is 7.11 Å². The Labute approximate surface area is 156 Å². The summed E-state index contributed by atoms with van der Waals surface area (Å²) in [5.41, 5.74) is 2.22. The molecule has 22 heavy (non-hydrogen) atoms. The molecule has 0 atom stereocenters. The molecule has 0 aromatic heterocycles. The van der Waals surface area contributed by atoms with Gasteiger partial charge in [0.1, 0.15) is 11.5 Å². The summed E-state index contributed by atoms with van der Waals surface area (Å²) in [6.07, 6.45) is 0. The Morgan fingerprint density at radius 3 is 2.27 bits per heavy atom. The SMILES string of the molecule is COc1ccc(Oc2c(Br)cc(Br)c(C)c2Br)cc1C(C)C. The molecule has 0 N–H and O–H groups in total. The molecule has 0 amide bonds. The summed E-state index contributed by atoms with van der Waals surface area (Å²) in [5.74, 6) is 2.79. The van der Waals surface area contributed by atoms with Crippen LogP contribution in [0.25, 0.3) is 0 Å². The fourth-order valence-corrected chi connectivity index (χ4v) is 4.39. The van der Waals surface area contributed by atoms with Gasteiger partial charge < -0.3 is 9.47 Å². The lowest BCUT2D eigenvalue weighted by atomic mass is 10.0. The Kier molecular flexibility index (Phi) is 5.97.